The molecule has 0 radical (unpaired) electrons. The summed E-state index contributed by atoms with van der Waals surface area (Å²) in [6, 6.07) is 16.3. The molecular weight excluding hydrogens is 304 g/mol. The maximum atomic E-state index is 12.1. The second-order valence-electron chi connectivity index (χ2n) is 5.43. The zero-order valence-corrected chi connectivity index (χ0v) is 13.5. The number of carbonyl (C=O) groups is 3. The number of nitrogens with one attached hydrogen (secondary N) is 2. The number of para-hydroxylation sites is 1. The van der Waals surface area contributed by atoms with Crippen molar-refractivity contribution in [3.8, 4) is 0 Å². The third-order valence-electron chi connectivity index (χ3n) is 3.53. The van der Waals surface area contributed by atoms with Crippen LogP contribution in [0.1, 0.15) is 28.8 Å². The third kappa shape index (κ3) is 5.35. The molecule has 2 rings (SSSR count). The maximum absolute atomic E-state index is 12.1. The van der Waals surface area contributed by atoms with Crippen LogP contribution in [0.3, 0.4) is 0 Å². The molecule has 0 aliphatic rings. The molecule has 2 N–H and O–H groups in total. The number of benzene rings is 2. The molecule has 0 bridgehead atoms. The van der Waals surface area contributed by atoms with Crippen molar-refractivity contribution in [3.05, 3.63) is 65.7 Å². The van der Waals surface area contributed by atoms with E-state index in [9.17, 15) is 14.4 Å². The molecule has 0 heterocycles. The van der Waals surface area contributed by atoms with E-state index >= 15 is 0 Å². The predicted octanol–water partition coefficient (Wildman–Crippen LogP) is 2.71. The molecule has 0 unspecified atom stereocenters. The van der Waals surface area contributed by atoms with Gasteiger partial charge in [-0.25, -0.2) is 0 Å². The molecule has 0 fully saturated rings. The summed E-state index contributed by atoms with van der Waals surface area (Å²) in [5.41, 5.74) is 2.20. The summed E-state index contributed by atoms with van der Waals surface area (Å²) in [7, 11) is 0. The van der Waals surface area contributed by atoms with Gasteiger partial charge < -0.3 is 10.6 Å². The molecule has 124 valence electrons. The number of anilines is 1. The molecule has 0 aliphatic carbocycles. The molecule has 0 saturated heterocycles. The Morgan fingerprint density at radius 1 is 0.833 bits per heavy atom. The molecular formula is C19H20N2O3. The zero-order chi connectivity index (χ0) is 17.4. The van der Waals surface area contributed by atoms with Crippen LogP contribution >= 0.6 is 0 Å². The van der Waals surface area contributed by atoms with Crippen LogP contribution < -0.4 is 10.6 Å². The van der Waals surface area contributed by atoms with Crippen LogP contribution in [0.2, 0.25) is 0 Å². The number of ketones is 1. The van der Waals surface area contributed by atoms with E-state index in [1.807, 2.05) is 37.3 Å². The standard InChI is InChI=1S/C19H20N2O3/c1-14-7-5-6-10-16(14)17(22)11-12-18(23)20-13-19(24)21-15-8-3-2-4-9-15/h2-10H,11-13H2,1H3,(H,20,23)(H,21,24). The SMILES string of the molecule is Cc1ccccc1C(=O)CCC(=O)NCC(=O)Nc1ccccc1. The lowest BCUT2D eigenvalue weighted by Gasteiger charge is -2.07. The van der Waals surface area contributed by atoms with E-state index in [4.69, 9.17) is 0 Å². The van der Waals surface area contributed by atoms with Crippen molar-refractivity contribution in [2.45, 2.75) is 19.8 Å². The Balaban J connectivity index is 1.72. The first kappa shape index (κ1) is 17.4. The number of carbonyl (C=O) groups excluding carboxylic acids is 3. The van der Waals surface area contributed by atoms with Gasteiger partial charge in [-0.15, -0.1) is 0 Å². The minimum Gasteiger partial charge on any atom is -0.347 e. The van der Waals surface area contributed by atoms with Gasteiger partial charge in [-0.2, -0.15) is 0 Å². The van der Waals surface area contributed by atoms with Crippen LogP contribution in [0, 0.1) is 6.92 Å². The van der Waals surface area contributed by atoms with E-state index in [2.05, 4.69) is 10.6 Å². The van der Waals surface area contributed by atoms with Gasteiger partial charge in [0.15, 0.2) is 5.78 Å². The lowest BCUT2D eigenvalue weighted by atomic mass is 10.0. The first-order chi connectivity index (χ1) is 11.6. The predicted molar refractivity (Wildman–Crippen MR) is 92.8 cm³/mol. The Morgan fingerprint density at radius 3 is 2.21 bits per heavy atom. The van der Waals surface area contributed by atoms with E-state index in [-0.39, 0.29) is 37.0 Å². The van der Waals surface area contributed by atoms with Gasteiger partial charge in [0.05, 0.1) is 6.54 Å². The minimum atomic E-state index is -0.319. The summed E-state index contributed by atoms with van der Waals surface area (Å²) in [6.07, 6.45) is 0.183. The monoisotopic (exact) mass is 324 g/mol. The number of amides is 2. The van der Waals surface area contributed by atoms with Crippen molar-refractivity contribution < 1.29 is 14.4 Å². The zero-order valence-electron chi connectivity index (χ0n) is 13.5. The number of hydrogen-bond acceptors (Lipinski definition) is 3. The van der Waals surface area contributed by atoms with Crippen molar-refractivity contribution in [2.24, 2.45) is 0 Å². The number of Topliss-reactive ketones (excluding diaryl/α,β-unsaturated/α-hetero) is 1. The highest BCUT2D eigenvalue weighted by Crippen LogP contribution is 2.11. The smallest absolute Gasteiger partial charge is 0.243 e. The van der Waals surface area contributed by atoms with Gasteiger partial charge in [0.2, 0.25) is 11.8 Å². The topological polar surface area (TPSA) is 75.3 Å². The average Bonchev–Trinajstić information content (AvgIpc) is 2.59. The summed E-state index contributed by atoms with van der Waals surface area (Å²) in [5, 5.41) is 5.20. The molecule has 0 aliphatic heterocycles. The minimum absolute atomic E-state index is 0.0613. The van der Waals surface area contributed by atoms with E-state index in [1.165, 1.54) is 0 Å². The molecule has 2 aromatic rings. The lowest BCUT2D eigenvalue weighted by Crippen LogP contribution is -2.33. The number of aryl methyl sites for hydroxylation is 1. The van der Waals surface area contributed by atoms with Gasteiger partial charge in [-0.1, -0.05) is 42.5 Å². The van der Waals surface area contributed by atoms with E-state index < -0.39 is 0 Å². The van der Waals surface area contributed by atoms with Crippen molar-refractivity contribution in [1.29, 1.82) is 0 Å². The second-order valence-corrected chi connectivity index (χ2v) is 5.43. The van der Waals surface area contributed by atoms with Gasteiger partial charge >= 0.3 is 0 Å². The normalized spacial score (nSPS) is 10.0. The Kier molecular flexibility index (Phi) is 6.25. The Bertz CT molecular complexity index is 726. The summed E-state index contributed by atoms with van der Waals surface area (Å²) >= 11 is 0. The first-order valence-corrected chi connectivity index (χ1v) is 7.76. The highest BCUT2D eigenvalue weighted by atomic mass is 16.2. The third-order valence-corrected chi connectivity index (χ3v) is 3.53. The van der Waals surface area contributed by atoms with Crippen LogP contribution in [0.25, 0.3) is 0 Å². The van der Waals surface area contributed by atoms with Crippen LogP contribution in [0.15, 0.2) is 54.6 Å². The van der Waals surface area contributed by atoms with Crippen LogP contribution in [0.5, 0.6) is 0 Å². The average molecular weight is 324 g/mol. The van der Waals surface area contributed by atoms with Crippen molar-refractivity contribution in [2.75, 3.05) is 11.9 Å². The van der Waals surface area contributed by atoms with Crippen molar-refractivity contribution >= 4 is 23.3 Å². The molecule has 2 amide bonds. The Hall–Kier alpha value is -2.95. The largest absolute Gasteiger partial charge is 0.347 e. The van der Waals surface area contributed by atoms with Crippen LogP contribution in [0.4, 0.5) is 5.69 Å². The van der Waals surface area contributed by atoms with Gasteiger partial charge in [0, 0.05) is 24.1 Å². The first-order valence-electron chi connectivity index (χ1n) is 7.76. The molecule has 2 aromatic carbocycles. The summed E-state index contributed by atoms with van der Waals surface area (Å²) in [6.45, 7) is 1.74. The highest BCUT2D eigenvalue weighted by Gasteiger charge is 2.12. The maximum Gasteiger partial charge on any atom is 0.243 e. The van der Waals surface area contributed by atoms with Crippen molar-refractivity contribution in [3.63, 3.8) is 0 Å². The molecule has 0 saturated carbocycles. The Labute approximate surface area is 141 Å². The van der Waals surface area contributed by atoms with Crippen LogP contribution in [-0.2, 0) is 9.59 Å². The molecule has 5 nitrogen and oxygen atoms in total. The number of hydrogen-bond donors (Lipinski definition) is 2. The molecule has 5 heteroatoms. The van der Waals surface area contributed by atoms with E-state index in [0.717, 1.165) is 5.56 Å². The van der Waals surface area contributed by atoms with Gasteiger partial charge in [0.25, 0.3) is 0 Å². The second kappa shape index (κ2) is 8.62. The summed E-state index contributed by atoms with van der Waals surface area (Å²) < 4.78 is 0. The van der Waals surface area contributed by atoms with Gasteiger partial charge in [-0.3, -0.25) is 14.4 Å². The van der Waals surface area contributed by atoms with Crippen molar-refractivity contribution in [1.82, 2.24) is 5.32 Å². The summed E-state index contributed by atoms with van der Waals surface area (Å²) in [4.78, 5) is 35.6. The lowest BCUT2D eigenvalue weighted by molar-refractivity contribution is -0.124. The fraction of sp³-hybridized carbons (Fsp3) is 0.211. The van der Waals surface area contributed by atoms with Gasteiger partial charge in [-0.05, 0) is 24.6 Å². The fourth-order valence-electron chi connectivity index (χ4n) is 2.24. The number of rotatable bonds is 7. The molecule has 0 spiro atoms. The Morgan fingerprint density at radius 2 is 1.50 bits per heavy atom. The van der Waals surface area contributed by atoms with E-state index in [0.29, 0.717) is 11.3 Å². The van der Waals surface area contributed by atoms with Crippen LogP contribution in [-0.4, -0.2) is 24.1 Å². The summed E-state index contributed by atoms with van der Waals surface area (Å²) in [5.74, 6) is -0.697. The molecule has 0 atom stereocenters. The van der Waals surface area contributed by atoms with E-state index in [1.54, 1.807) is 24.3 Å². The fourth-order valence-corrected chi connectivity index (χ4v) is 2.24. The highest BCUT2D eigenvalue weighted by molar-refractivity contribution is 5.99. The quantitative estimate of drug-likeness (QED) is 0.769. The molecule has 0 aromatic heterocycles. The van der Waals surface area contributed by atoms with Gasteiger partial charge in [0.1, 0.15) is 0 Å². The molecule has 24 heavy (non-hydrogen) atoms.